The number of rotatable bonds is 4. The molecule has 134 valence electrons. The molecule has 24 heavy (non-hydrogen) atoms. The van der Waals surface area contributed by atoms with Gasteiger partial charge in [0.05, 0.1) is 16.1 Å². The lowest BCUT2D eigenvalue weighted by atomic mass is 10.0. The number of nitrogens with two attached hydrogens (primary N) is 1. The topological polar surface area (TPSA) is 71.2 Å². The standard InChI is InChI=1S/C16H22N4OS.2ClH/c1-10(11(2)17)15(21)18-12-5-6-13-14(9-12)22-16(19-13)20-7-3-4-8-20;;/h5-6,9-11H,3-4,7-8,17H2,1-2H3,(H,18,21);2*1H. The highest BCUT2D eigenvalue weighted by Gasteiger charge is 2.18. The van der Waals surface area contributed by atoms with Crippen LogP contribution in [-0.4, -0.2) is 30.0 Å². The van der Waals surface area contributed by atoms with Crippen LogP contribution in [0.3, 0.4) is 0 Å². The number of carbonyl (C=O) groups excluding carboxylic acids is 1. The molecule has 1 amide bonds. The number of anilines is 2. The summed E-state index contributed by atoms with van der Waals surface area (Å²) in [5, 5.41) is 4.02. The van der Waals surface area contributed by atoms with Gasteiger partial charge in [0, 0.05) is 24.8 Å². The van der Waals surface area contributed by atoms with E-state index < -0.39 is 0 Å². The van der Waals surface area contributed by atoms with Crippen molar-refractivity contribution >= 4 is 63.1 Å². The van der Waals surface area contributed by atoms with E-state index in [2.05, 4.69) is 10.2 Å². The molecular formula is C16H24Cl2N4OS. The molecule has 2 heterocycles. The first kappa shape index (κ1) is 21.0. The van der Waals surface area contributed by atoms with E-state index in [0.717, 1.165) is 34.1 Å². The summed E-state index contributed by atoms with van der Waals surface area (Å²) >= 11 is 1.69. The van der Waals surface area contributed by atoms with Gasteiger partial charge < -0.3 is 16.0 Å². The minimum atomic E-state index is -0.211. The van der Waals surface area contributed by atoms with Crippen molar-refractivity contribution in [2.24, 2.45) is 11.7 Å². The Morgan fingerprint density at radius 2 is 1.96 bits per heavy atom. The Balaban J connectivity index is 0.00000144. The molecule has 1 fully saturated rings. The second-order valence-electron chi connectivity index (χ2n) is 6.01. The number of aromatic nitrogens is 1. The van der Waals surface area contributed by atoms with Gasteiger partial charge in [0.1, 0.15) is 0 Å². The van der Waals surface area contributed by atoms with Crippen molar-refractivity contribution in [1.82, 2.24) is 4.98 Å². The number of amides is 1. The largest absolute Gasteiger partial charge is 0.348 e. The van der Waals surface area contributed by atoms with E-state index >= 15 is 0 Å². The van der Waals surface area contributed by atoms with Crippen LogP contribution in [0.25, 0.3) is 10.2 Å². The number of hydrogen-bond donors (Lipinski definition) is 2. The zero-order valence-corrected chi connectivity index (χ0v) is 16.3. The van der Waals surface area contributed by atoms with Gasteiger partial charge in [0.25, 0.3) is 0 Å². The number of halogens is 2. The van der Waals surface area contributed by atoms with E-state index in [1.165, 1.54) is 12.8 Å². The lowest BCUT2D eigenvalue weighted by Gasteiger charge is -2.15. The van der Waals surface area contributed by atoms with Crippen LogP contribution in [0.2, 0.25) is 0 Å². The molecule has 1 saturated heterocycles. The summed E-state index contributed by atoms with van der Waals surface area (Å²) in [5.41, 5.74) is 7.58. The van der Waals surface area contributed by atoms with Crippen molar-refractivity contribution in [3.8, 4) is 0 Å². The van der Waals surface area contributed by atoms with Crippen molar-refractivity contribution in [3.63, 3.8) is 0 Å². The third-order valence-electron chi connectivity index (χ3n) is 4.22. The molecule has 8 heteroatoms. The molecule has 0 aliphatic carbocycles. The predicted molar refractivity (Wildman–Crippen MR) is 107 cm³/mol. The van der Waals surface area contributed by atoms with Crippen LogP contribution in [0, 0.1) is 5.92 Å². The number of benzene rings is 1. The smallest absolute Gasteiger partial charge is 0.228 e. The summed E-state index contributed by atoms with van der Waals surface area (Å²) in [7, 11) is 0. The van der Waals surface area contributed by atoms with Crippen LogP contribution in [0.4, 0.5) is 10.8 Å². The Kier molecular flexibility index (Phi) is 7.73. The summed E-state index contributed by atoms with van der Waals surface area (Å²) in [6, 6.07) is 5.71. The van der Waals surface area contributed by atoms with Crippen molar-refractivity contribution in [1.29, 1.82) is 0 Å². The van der Waals surface area contributed by atoms with Crippen molar-refractivity contribution in [2.45, 2.75) is 32.7 Å². The van der Waals surface area contributed by atoms with E-state index in [0.29, 0.717) is 0 Å². The van der Waals surface area contributed by atoms with E-state index in [1.807, 2.05) is 32.0 Å². The molecule has 1 aromatic carbocycles. The predicted octanol–water partition coefficient (Wildman–Crippen LogP) is 3.66. The maximum Gasteiger partial charge on any atom is 0.228 e. The Hall–Kier alpha value is -1.08. The van der Waals surface area contributed by atoms with Gasteiger partial charge >= 0.3 is 0 Å². The second kappa shape index (κ2) is 8.85. The highest BCUT2D eigenvalue weighted by molar-refractivity contribution is 7.22. The number of fused-ring (bicyclic) bond motifs is 1. The minimum absolute atomic E-state index is 0. The molecule has 0 radical (unpaired) electrons. The van der Waals surface area contributed by atoms with Gasteiger partial charge in [-0.05, 0) is 38.0 Å². The molecule has 1 aliphatic heterocycles. The number of thiazole rings is 1. The number of carbonyl (C=O) groups is 1. The number of nitrogens with zero attached hydrogens (tertiary/aromatic N) is 2. The first-order valence-electron chi connectivity index (χ1n) is 7.76. The molecule has 2 aromatic rings. The zero-order chi connectivity index (χ0) is 15.7. The summed E-state index contributed by atoms with van der Waals surface area (Å²) in [4.78, 5) is 19.1. The van der Waals surface area contributed by atoms with Gasteiger partial charge in [-0.25, -0.2) is 4.98 Å². The van der Waals surface area contributed by atoms with Crippen LogP contribution in [-0.2, 0) is 4.79 Å². The Bertz CT molecular complexity index is 686. The fraction of sp³-hybridized carbons (Fsp3) is 0.500. The van der Waals surface area contributed by atoms with Crippen LogP contribution >= 0.6 is 36.2 Å². The SMILES string of the molecule is CC(N)C(C)C(=O)Nc1ccc2nc(N3CCCC3)sc2c1.Cl.Cl. The maximum atomic E-state index is 12.1. The van der Waals surface area contributed by atoms with E-state index in [9.17, 15) is 4.79 Å². The molecule has 0 saturated carbocycles. The normalized spacial score (nSPS) is 16.2. The number of hydrogen-bond acceptors (Lipinski definition) is 5. The minimum Gasteiger partial charge on any atom is -0.348 e. The monoisotopic (exact) mass is 390 g/mol. The summed E-state index contributed by atoms with van der Waals surface area (Å²) < 4.78 is 1.10. The maximum absolute atomic E-state index is 12.1. The third-order valence-corrected chi connectivity index (χ3v) is 5.30. The summed E-state index contributed by atoms with van der Waals surface area (Å²) in [6.07, 6.45) is 2.48. The quantitative estimate of drug-likeness (QED) is 0.835. The fourth-order valence-electron chi connectivity index (χ4n) is 2.53. The average Bonchev–Trinajstić information content (AvgIpc) is 3.14. The molecular weight excluding hydrogens is 367 g/mol. The Morgan fingerprint density at radius 1 is 1.29 bits per heavy atom. The van der Waals surface area contributed by atoms with Crippen LogP contribution < -0.4 is 16.0 Å². The molecule has 2 atom stereocenters. The molecule has 1 aromatic heterocycles. The van der Waals surface area contributed by atoms with Gasteiger partial charge in [-0.2, -0.15) is 0 Å². The van der Waals surface area contributed by atoms with Crippen molar-refractivity contribution < 1.29 is 4.79 Å². The Morgan fingerprint density at radius 3 is 2.58 bits per heavy atom. The van der Waals surface area contributed by atoms with Crippen molar-refractivity contribution in [2.75, 3.05) is 23.3 Å². The molecule has 0 bridgehead atoms. The lowest BCUT2D eigenvalue weighted by molar-refractivity contribution is -0.119. The molecule has 3 rings (SSSR count). The number of nitrogens with one attached hydrogen (secondary N) is 1. The van der Waals surface area contributed by atoms with Gasteiger partial charge in [0.15, 0.2) is 5.13 Å². The molecule has 2 unspecified atom stereocenters. The van der Waals surface area contributed by atoms with E-state index in [4.69, 9.17) is 10.7 Å². The summed E-state index contributed by atoms with van der Waals surface area (Å²) in [6.45, 7) is 5.88. The molecule has 0 spiro atoms. The zero-order valence-electron chi connectivity index (χ0n) is 13.8. The third kappa shape index (κ3) is 4.51. The first-order chi connectivity index (χ1) is 10.5. The summed E-state index contributed by atoms with van der Waals surface area (Å²) in [5.74, 6) is -0.254. The van der Waals surface area contributed by atoms with Crippen LogP contribution in [0.5, 0.6) is 0 Å². The van der Waals surface area contributed by atoms with Gasteiger partial charge in [0.2, 0.25) is 5.91 Å². The van der Waals surface area contributed by atoms with Gasteiger partial charge in [-0.3, -0.25) is 4.79 Å². The highest BCUT2D eigenvalue weighted by Crippen LogP contribution is 2.32. The Labute approximate surface area is 158 Å². The highest BCUT2D eigenvalue weighted by atomic mass is 35.5. The second-order valence-corrected chi connectivity index (χ2v) is 7.02. The average molecular weight is 391 g/mol. The van der Waals surface area contributed by atoms with E-state index in [-0.39, 0.29) is 42.7 Å². The fourth-order valence-corrected chi connectivity index (χ4v) is 3.59. The molecule has 3 N–H and O–H groups in total. The molecule has 5 nitrogen and oxygen atoms in total. The van der Waals surface area contributed by atoms with Crippen LogP contribution in [0.15, 0.2) is 18.2 Å². The van der Waals surface area contributed by atoms with Crippen molar-refractivity contribution in [3.05, 3.63) is 18.2 Å². The van der Waals surface area contributed by atoms with Gasteiger partial charge in [-0.1, -0.05) is 18.3 Å². The van der Waals surface area contributed by atoms with Gasteiger partial charge in [-0.15, -0.1) is 24.8 Å². The molecule has 1 aliphatic rings. The van der Waals surface area contributed by atoms with Crippen LogP contribution in [0.1, 0.15) is 26.7 Å². The lowest BCUT2D eigenvalue weighted by Crippen LogP contribution is -2.34. The van der Waals surface area contributed by atoms with E-state index in [1.54, 1.807) is 11.3 Å². The first-order valence-corrected chi connectivity index (χ1v) is 8.58.